The van der Waals surface area contributed by atoms with Crippen LogP contribution in [0, 0.1) is 0 Å². The number of hydrogen-bond donors (Lipinski definition) is 0. The lowest BCUT2D eigenvalue weighted by Gasteiger charge is -2.16. The van der Waals surface area contributed by atoms with Gasteiger partial charge in [-0.3, -0.25) is 4.79 Å². The number of carbonyl (C=O) groups is 1. The number of aromatic nitrogens is 2. The Labute approximate surface area is 144 Å². The van der Waals surface area contributed by atoms with E-state index in [9.17, 15) is 4.79 Å². The molecule has 0 aliphatic carbocycles. The molecule has 2 heterocycles. The Morgan fingerprint density at radius 1 is 1.21 bits per heavy atom. The van der Waals surface area contributed by atoms with Gasteiger partial charge in [0.1, 0.15) is 11.4 Å². The molecule has 1 amide bonds. The summed E-state index contributed by atoms with van der Waals surface area (Å²) in [5, 5.41) is 0.434. The zero-order valence-corrected chi connectivity index (χ0v) is 13.9. The minimum absolute atomic E-state index is 0.0436. The number of benzene rings is 1. The molecular weight excluding hydrogens is 326 g/mol. The molecule has 1 aromatic carbocycles. The van der Waals surface area contributed by atoms with Gasteiger partial charge < -0.3 is 9.32 Å². The molecule has 2 aromatic heterocycles. The molecule has 0 radical (unpaired) electrons. The summed E-state index contributed by atoms with van der Waals surface area (Å²) in [6, 6.07) is 13.1. The molecule has 3 rings (SSSR count). The first-order valence-corrected chi connectivity index (χ1v) is 7.84. The van der Waals surface area contributed by atoms with Crippen molar-refractivity contribution in [2.45, 2.75) is 13.0 Å². The van der Waals surface area contributed by atoms with Crippen LogP contribution in [0.3, 0.4) is 0 Å². The van der Waals surface area contributed by atoms with E-state index in [1.165, 1.54) is 6.26 Å². The number of nitrogens with zero attached hydrogens (tertiary/aromatic N) is 3. The summed E-state index contributed by atoms with van der Waals surface area (Å²) in [5.74, 6) is 0.473. The van der Waals surface area contributed by atoms with Gasteiger partial charge in [0.15, 0.2) is 0 Å². The van der Waals surface area contributed by atoms with E-state index in [4.69, 9.17) is 16.0 Å². The Bertz CT molecular complexity index is 816. The van der Waals surface area contributed by atoms with Gasteiger partial charge in [-0.15, -0.1) is 0 Å². The fourth-order valence-corrected chi connectivity index (χ4v) is 2.37. The van der Waals surface area contributed by atoms with Crippen molar-refractivity contribution in [3.05, 3.63) is 71.3 Å². The zero-order valence-electron chi connectivity index (χ0n) is 13.1. The molecule has 0 aliphatic rings. The van der Waals surface area contributed by atoms with Crippen LogP contribution < -0.4 is 0 Å². The first kappa shape index (κ1) is 16.2. The molecule has 0 saturated heterocycles. The van der Waals surface area contributed by atoms with Crippen LogP contribution in [0.1, 0.15) is 11.3 Å². The molecule has 0 saturated carbocycles. The van der Waals surface area contributed by atoms with Crippen molar-refractivity contribution in [2.24, 2.45) is 0 Å². The fraction of sp³-hybridized carbons (Fsp3) is 0.167. The second-order valence-corrected chi connectivity index (χ2v) is 5.81. The van der Waals surface area contributed by atoms with Gasteiger partial charge >= 0.3 is 0 Å². The fourth-order valence-electron chi connectivity index (χ4n) is 2.25. The van der Waals surface area contributed by atoms with E-state index in [0.717, 1.165) is 11.1 Å². The average Bonchev–Trinajstić information content (AvgIpc) is 3.06. The molecule has 0 bridgehead atoms. The third-order valence-corrected chi connectivity index (χ3v) is 3.76. The highest BCUT2D eigenvalue weighted by Gasteiger charge is 2.14. The lowest BCUT2D eigenvalue weighted by molar-refractivity contribution is -0.129. The lowest BCUT2D eigenvalue weighted by atomic mass is 10.2. The molecule has 0 atom stereocenters. The predicted molar refractivity (Wildman–Crippen MR) is 91.4 cm³/mol. The normalized spacial score (nSPS) is 10.6. The van der Waals surface area contributed by atoms with E-state index >= 15 is 0 Å². The van der Waals surface area contributed by atoms with E-state index in [2.05, 4.69) is 9.97 Å². The highest BCUT2D eigenvalue weighted by Crippen LogP contribution is 2.18. The lowest BCUT2D eigenvalue weighted by Crippen LogP contribution is -2.27. The largest absolute Gasteiger partial charge is 0.444 e. The molecular formula is C18H16ClN3O2. The van der Waals surface area contributed by atoms with Gasteiger partial charge in [0.25, 0.3) is 0 Å². The Kier molecular flexibility index (Phi) is 4.91. The summed E-state index contributed by atoms with van der Waals surface area (Å²) in [7, 11) is 1.75. The monoisotopic (exact) mass is 341 g/mol. The number of oxazole rings is 1. The maximum atomic E-state index is 12.3. The maximum Gasteiger partial charge on any atom is 0.228 e. The van der Waals surface area contributed by atoms with E-state index in [1.807, 2.05) is 36.4 Å². The van der Waals surface area contributed by atoms with Crippen LogP contribution in [-0.4, -0.2) is 27.8 Å². The minimum atomic E-state index is -0.0436. The summed E-state index contributed by atoms with van der Waals surface area (Å²) < 4.78 is 5.46. The van der Waals surface area contributed by atoms with Crippen molar-refractivity contribution in [1.29, 1.82) is 0 Å². The smallest absolute Gasteiger partial charge is 0.228 e. The van der Waals surface area contributed by atoms with Crippen molar-refractivity contribution >= 4 is 17.5 Å². The maximum absolute atomic E-state index is 12.3. The molecule has 0 unspecified atom stereocenters. The van der Waals surface area contributed by atoms with Gasteiger partial charge in [0, 0.05) is 25.4 Å². The number of carbonyl (C=O) groups excluding carboxylic acids is 1. The summed E-state index contributed by atoms with van der Waals surface area (Å²) in [6.45, 7) is 0.465. The molecule has 24 heavy (non-hydrogen) atoms. The zero-order chi connectivity index (χ0) is 16.9. The highest BCUT2D eigenvalue weighted by molar-refractivity contribution is 6.29. The standard InChI is InChI=1S/C18H16ClN3O2/c1-22(11-13-7-8-16(19)20-10-13)17(23)9-15-12-24-18(21-15)14-5-3-2-4-6-14/h2-8,10,12H,9,11H2,1H3. The molecule has 5 nitrogen and oxygen atoms in total. The average molecular weight is 342 g/mol. The summed E-state index contributed by atoms with van der Waals surface area (Å²) in [4.78, 5) is 22.3. The van der Waals surface area contributed by atoms with E-state index in [1.54, 1.807) is 24.2 Å². The van der Waals surface area contributed by atoms with Crippen LogP contribution in [-0.2, 0) is 17.8 Å². The summed E-state index contributed by atoms with van der Waals surface area (Å²) in [5.41, 5.74) is 2.41. The van der Waals surface area contributed by atoms with E-state index < -0.39 is 0 Å². The molecule has 0 spiro atoms. The molecule has 0 N–H and O–H groups in total. The third-order valence-electron chi connectivity index (χ3n) is 3.54. The third kappa shape index (κ3) is 4.00. The minimum Gasteiger partial charge on any atom is -0.444 e. The van der Waals surface area contributed by atoms with Crippen molar-refractivity contribution < 1.29 is 9.21 Å². The van der Waals surface area contributed by atoms with Crippen LogP contribution in [0.5, 0.6) is 0 Å². The first-order chi connectivity index (χ1) is 11.6. The highest BCUT2D eigenvalue weighted by atomic mass is 35.5. The number of amides is 1. The van der Waals surface area contributed by atoms with Crippen molar-refractivity contribution in [3.8, 4) is 11.5 Å². The Morgan fingerprint density at radius 3 is 2.71 bits per heavy atom. The number of pyridine rings is 1. The van der Waals surface area contributed by atoms with Gasteiger partial charge in [-0.25, -0.2) is 9.97 Å². The van der Waals surface area contributed by atoms with Crippen molar-refractivity contribution in [2.75, 3.05) is 7.05 Å². The van der Waals surface area contributed by atoms with Crippen LogP contribution >= 0.6 is 11.6 Å². The second-order valence-electron chi connectivity index (χ2n) is 5.43. The number of halogens is 1. The number of hydrogen-bond acceptors (Lipinski definition) is 4. The topological polar surface area (TPSA) is 59.2 Å². The molecule has 0 aliphatic heterocycles. The van der Waals surface area contributed by atoms with Crippen LogP contribution in [0.2, 0.25) is 5.15 Å². The van der Waals surface area contributed by atoms with Crippen LogP contribution in [0.15, 0.2) is 59.3 Å². The quantitative estimate of drug-likeness (QED) is 0.665. The van der Waals surface area contributed by atoms with Gasteiger partial charge in [-0.1, -0.05) is 35.9 Å². The summed E-state index contributed by atoms with van der Waals surface area (Å²) >= 11 is 5.76. The van der Waals surface area contributed by atoms with Crippen molar-refractivity contribution in [3.63, 3.8) is 0 Å². The number of rotatable bonds is 5. The Morgan fingerprint density at radius 2 is 2.00 bits per heavy atom. The van der Waals surface area contributed by atoms with Crippen LogP contribution in [0.4, 0.5) is 0 Å². The van der Waals surface area contributed by atoms with Gasteiger partial charge in [0.05, 0.1) is 12.1 Å². The predicted octanol–water partition coefficient (Wildman–Crippen LogP) is 3.59. The van der Waals surface area contributed by atoms with Crippen LogP contribution in [0.25, 0.3) is 11.5 Å². The van der Waals surface area contributed by atoms with E-state index in [0.29, 0.717) is 23.3 Å². The summed E-state index contributed by atoms with van der Waals surface area (Å²) in [6.07, 6.45) is 3.38. The van der Waals surface area contributed by atoms with Gasteiger partial charge in [-0.05, 0) is 23.8 Å². The molecule has 122 valence electrons. The molecule has 3 aromatic rings. The molecule has 6 heteroatoms. The first-order valence-electron chi connectivity index (χ1n) is 7.46. The Balaban J connectivity index is 1.62. The van der Waals surface area contributed by atoms with Gasteiger partial charge in [-0.2, -0.15) is 0 Å². The SMILES string of the molecule is CN(Cc1ccc(Cl)nc1)C(=O)Cc1coc(-c2ccccc2)n1. The van der Waals surface area contributed by atoms with Crippen molar-refractivity contribution in [1.82, 2.24) is 14.9 Å². The second kappa shape index (κ2) is 7.27. The van der Waals surface area contributed by atoms with E-state index in [-0.39, 0.29) is 12.3 Å². The van der Waals surface area contributed by atoms with Gasteiger partial charge in [0.2, 0.25) is 11.8 Å². The number of likely N-dealkylation sites (N-methyl/N-ethyl adjacent to an activating group) is 1. The Hall–Kier alpha value is -2.66. The molecule has 0 fully saturated rings.